The Morgan fingerprint density at radius 1 is 1.33 bits per heavy atom. The number of fused-ring (bicyclic) bond motifs is 3. The lowest BCUT2D eigenvalue weighted by Gasteiger charge is -2.27. The normalized spacial score (nSPS) is 18.5. The molecule has 0 amide bonds. The molecule has 0 aliphatic carbocycles. The molecule has 0 bridgehead atoms. The number of hydrogen-bond acceptors (Lipinski definition) is 6. The Kier molecular flexibility index (Phi) is 5.43. The monoisotopic (exact) mass is 388 g/mol. The summed E-state index contributed by atoms with van der Waals surface area (Å²) in [6.07, 6.45) is 0.836. The Balaban J connectivity index is 1.69. The summed E-state index contributed by atoms with van der Waals surface area (Å²) in [5, 5.41) is 3.38. The number of thiol groups is 1. The van der Waals surface area contributed by atoms with Crippen molar-refractivity contribution in [2.75, 3.05) is 37.6 Å². The maximum absolute atomic E-state index is 12.7. The lowest BCUT2D eigenvalue weighted by atomic mass is 9.94. The summed E-state index contributed by atoms with van der Waals surface area (Å²) in [5.41, 5.74) is 5.13. The molecule has 144 valence electrons. The van der Waals surface area contributed by atoms with Crippen LogP contribution in [0.5, 0.6) is 5.75 Å². The van der Waals surface area contributed by atoms with E-state index in [1.807, 2.05) is 23.6 Å². The van der Waals surface area contributed by atoms with Crippen LogP contribution >= 0.6 is 12.6 Å². The van der Waals surface area contributed by atoms with Crippen molar-refractivity contribution in [1.82, 2.24) is 4.57 Å². The zero-order valence-corrected chi connectivity index (χ0v) is 16.3. The van der Waals surface area contributed by atoms with Gasteiger partial charge in [0.1, 0.15) is 11.7 Å². The Labute approximate surface area is 163 Å². The second-order valence-corrected chi connectivity index (χ2v) is 7.07. The average molecular weight is 388 g/mol. The van der Waals surface area contributed by atoms with Gasteiger partial charge in [-0.2, -0.15) is 0 Å². The van der Waals surface area contributed by atoms with Crippen molar-refractivity contribution in [3.8, 4) is 17.0 Å². The zero-order chi connectivity index (χ0) is 18.8. The number of nitrogens with one attached hydrogen (secondary N) is 1. The molecule has 7 heteroatoms. The van der Waals surface area contributed by atoms with Crippen LogP contribution in [0, 0.1) is 6.92 Å². The summed E-state index contributed by atoms with van der Waals surface area (Å²) in [6.45, 7) is 5.17. The minimum atomic E-state index is -0.000358. The number of benzene rings is 1. The highest BCUT2D eigenvalue weighted by atomic mass is 32.1. The van der Waals surface area contributed by atoms with Crippen molar-refractivity contribution in [3.63, 3.8) is 0 Å². The molecule has 2 aliphatic heterocycles. The van der Waals surface area contributed by atoms with Crippen LogP contribution < -0.4 is 15.6 Å². The first-order valence-electron chi connectivity index (χ1n) is 9.22. The number of hydrogen-bond donors (Lipinski definition) is 2. The molecule has 1 saturated heterocycles. The largest absolute Gasteiger partial charge is 0.483 e. The van der Waals surface area contributed by atoms with E-state index in [2.05, 4.69) is 24.0 Å². The number of pyridine rings is 1. The van der Waals surface area contributed by atoms with Crippen LogP contribution in [0.2, 0.25) is 0 Å². The maximum Gasteiger partial charge on any atom is 0.253 e. The van der Waals surface area contributed by atoms with Crippen molar-refractivity contribution < 1.29 is 14.2 Å². The lowest BCUT2D eigenvalue weighted by Crippen LogP contribution is -2.35. The van der Waals surface area contributed by atoms with Crippen molar-refractivity contribution in [1.29, 1.82) is 0 Å². The van der Waals surface area contributed by atoms with E-state index in [1.165, 1.54) is 5.56 Å². The van der Waals surface area contributed by atoms with Crippen molar-refractivity contribution >= 4 is 18.3 Å². The minimum absolute atomic E-state index is 0.000358. The van der Waals surface area contributed by atoms with E-state index in [1.54, 1.807) is 6.07 Å². The summed E-state index contributed by atoms with van der Waals surface area (Å²) in [4.78, 5) is 12.7. The molecule has 1 aromatic heterocycles. The fraction of sp³-hybridized carbons (Fsp3) is 0.450. The third kappa shape index (κ3) is 3.72. The van der Waals surface area contributed by atoms with E-state index in [0.29, 0.717) is 38.8 Å². The van der Waals surface area contributed by atoms with Gasteiger partial charge in [0, 0.05) is 30.4 Å². The van der Waals surface area contributed by atoms with E-state index in [-0.39, 0.29) is 11.7 Å². The van der Waals surface area contributed by atoms with Gasteiger partial charge in [0.2, 0.25) is 0 Å². The standard InChI is InChI=1S/C20H24N2O4S/c1-13-18(21-10-16-11-24-6-7-25-16)9-19(23)22-5-4-14-2-3-15(26-12-27)8-17(14)20(13)22/h2-3,8-9,16,21,27H,4-7,10-12H2,1H3. The molecule has 27 heavy (non-hydrogen) atoms. The number of anilines is 1. The summed E-state index contributed by atoms with van der Waals surface area (Å²) in [5.74, 6) is 1.07. The highest BCUT2D eigenvalue weighted by molar-refractivity contribution is 7.80. The van der Waals surface area contributed by atoms with E-state index < -0.39 is 0 Å². The third-order valence-corrected chi connectivity index (χ3v) is 5.27. The van der Waals surface area contributed by atoms with Crippen LogP contribution in [0.4, 0.5) is 5.69 Å². The van der Waals surface area contributed by atoms with Gasteiger partial charge in [0.05, 0.1) is 31.6 Å². The fourth-order valence-corrected chi connectivity index (χ4v) is 3.92. The topological polar surface area (TPSA) is 61.7 Å². The molecule has 2 aromatic rings. The molecule has 1 N–H and O–H groups in total. The van der Waals surface area contributed by atoms with Crippen LogP contribution in [0.25, 0.3) is 11.3 Å². The quantitative estimate of drug-likeness (QED) is 0.609. The molecule has 1 unspecified atom stereocenters. The first-order chi connectivity index (χ1) is 13.2. The van der Waals surface area contributed by atoms with Gasteiger partial charge in [0.25, 0.3) is 5.56 Å². The number of aryl methyl sites for hydroxylation is 1. The van der Waals surface area contributed by atoms with E-state index in [4.69, 9.17) is 14.2 Å². The SMILES string of the molecule is Cc1c(NCC2COCCO2)cc(=O)n2c1-c1cc(OCS)ccc1CC2. The second kappa shape index (κ2) is 7.96. The summed E-state index contributed by atoms with van der Waals surface area (Å²) < 4.78 is 18.5. The van der Waals surface area contributed by atoms with E-state index in [0.717, 1.165) is 34.7 Å². The Hall–Kier alpha value is -1.96. The van der Waals surface area contributed by atoms with Gasteiger partial charge in [0.15, 0.2) is 0 Å². The van der Waals surface area contributed by atoms with Crippen LogP contribution in [0.15, 0.2) is 29.1 Å². The zero-order valence-electron chi connectivity index (χ0n) is 15.4. The molecule has 0 radical (unpaired) electrons. The van der Waals surface area contributed by atoms with Gasteiger partial charge in [-0.25, -0.2) is 0 Å². The van der Waals surface area contributed by atoms with Gasteiger partial charge in [-0.15, -0.1) is 12.6 Å². The predicted molar refractivity (Wildman–Crippen MR) is 108 cm³/mol. The van der Waals surface area contributed by atoms with Crippen LogP contribution in [0.3, 0.4) is 0 Å². The number of rotatable bonds is 5. The Morgan fingerprint density at radius 3 is 3.00 bits per heavy atom. The van der Waals surface area contributed by atoms with Crippen LogP contribution in [-0.2, 0) is 22.4 Å². The maximum atomic E-state index is 12.7. The molecule has 2 aliphatic rings. The molecular weight excluding hydrogens is 364 g/mol. The van der Waals surface area contributed by atoms with Gasteiger partial charge >= 0.3 is 0 Å². The molecule has 0 saturated carbocycles. The van der Waals surface area contributed by atoms with Crippen molar-refractivity contribution in [2.24, 2.45) is 0 Å². The fourth-order valence-electron chi connectivity index (χ4n) is 3.77. The first kappa shape index (κ1) is 18.4. The van der Waals surface area contributed by atoms with Crippen LogP contribution in [0.1, 0.15) is 11.1 Å². The first-order valence-corrected chi connectivity index (χ1v) is 9.85. The predicted octanol–water partition coefficient (Wildman–Crippen LogP) is 2.47. The van der Waals surface area contributed by atoms with Gasteiger partial charge in [-0.1, -0.05) is 6.07 Å². The second-order valence-electron chi connectivity index (χ2n) is 6.81. The highest BCUT2D eigenvalue weighted by Gasteiger charge is 2.22. The van der Waals surface area contributed by atoms with Crippen LogP contribution in [-0.4, -0.2) is 43.0 Å². The molecule has 1 fully saturated rings. The van der Waals surface area contributed by atoms with Crippen molar-refractivity contribution in [3.05, 3.63) is 45.7 Å². The third-order valence-electron chi connectivity index (χ3n) is 5.14. The van der Waals surface area contributed by atoms with Gasteiger partial charge in [-0.3, -0.25) is 4.79 Å². The van der Waals surface area contributed by atoms with E-state index in [9.17, 15) is 4.79 Å². The Bertz CT molecular complexity index is 890. The van der Waals surface area contributed by atoms with E-state index >= 15 is 0 Å². The number of ether oxygens (including phenoxy) is 3. The molecule has 1 aromatic carbocycles. The molecule has 6 nitrogen and oxygen atoms in total. The minimum Gasteiger partial charge on any atom is -0.483 e. The lowest BCUT2D eigenvalue weighted by molar-refractivity contribution is -0.0818. The smallest absolute Gasteiger partial charge is 0.253 e. The number of nitrogens with zero attached hydrogens (tertiary/aromatic N) is 1. The summed E-state index contributed by atoms with van der Waals surface area (Å²) in [6, 6.07) is 7.72. The summed E-state index contributed by atoms with van der Waals surface area (Å²) in [7, 11) is 0. The molecular formula is C20H24N2O4S. The molecule has 0 spiro atoms. The van der Waals surface area contributed by atoms with Crippen molar-refractivity contribution in [2.45, 2.75) is 26.0 Å². The summed E-state index contributed by atoms with van der Waals surface area (Å²) >= 11 is 4.14. The number of aromatic nitrogens is 1. The molecule has 1 atom stereocenters. The Morgan fingerprint density at radius 2 is 2.22 bits per heavy atom. The van der Waals surface area contributed by atoms with Gasteiger partial charge in [-0.05, 0) is 36.6 Å². The van der Waals surface area contributed by atoms with Gasteiger partial charge < -0.3 is 24.1 Å². The highest BCUT2D eigenvalue weighted by Crippen LogP contribution is 2.35. The molecule has 4 rings (SSSR count). The molecule has 3 heterocycles. The average Bonchev–Trinajstić information content (AvgIpc) is 2.70.